The maximum absolute atomic E-state index is 9.50. The van der Waals surface area contributed by atoms with Crippen LogP contribution < -0.4 is 0 Å². The number of aliphatic hydroxyl groups is 1. The summed E-state index contributed by atoms with van der Waals surface area (Å²) in [5, 5.41) is 16.5. The molecular formula is C11H20N2O2. The Bertz CT molecular complexity index is 281. The molecule has 1 aromatic rings. The third-order valence-corrected chi connectivity index (χ3v) is 1.14. The molecule has 0 fully saturated rings. The van der Waals surface area contributed by atoms with Gasteiger partial charge in [0.1, 0.15) is 0 Å². The molecular weight excluding hydrogens is 192 g/mol. The van der Waals surface area contributed by atoms with Gasteiger partial charge < -0.3 is 9.52 Å². The molecule has 0 aliphatic carbocycles. The Hall–Kier alpha value is -1.34. The van der Waals surface area contributed by atoms with E-state index in [9.17, 15) is 5.11 Å². The third-order valence-electron chi connectivity index (χ3n) is 1.14. The van der Waals surface area contributed by atoms with Gasteiger partial charge in [-0.05, 0) is 13.8 Å². The smallest absolute Gasteiger partial charge is 0.260 e. The van der Waals surface area contributed by atoms with Crippen LogP contribution in [0.3, 0.4) is 0 Å². The van der Waals surface area contributed by atoms with E-state index in [1.54, 1.807) is 6.92 Å². The summed E-state index contributed by atoms with van der Waals surface area (Å²) in [6.45, 7) is 11.1. The first-order valence-electron chi connectivity index (χ1n) is 5.10. The van der Waals surface area contributed by atoms with Gasteiger partial charge in [-0.3, -0.25) is 0 Å². The largest absolute Gasteiger partial charge is 0.424 e. The van der Waals surface area contributed by atoms with E-state index in [1.165, 1.54) is 6.92 Å². The molecule has 0 spiro atoms. The Kier molecular flexibility index (Phi) is 9.90. The molecule has 0 aliphatic rings. The zero-order valence-electron chi connectivity index (χ0n) is 10.3. The molecule has 0 amide bonds. The second kappa shape index (κ2) is 9.22. The van der Waals surface area contributed by atoms with Crippen molar-refractivity contribution >= 4 is 0 Å². The zero-order valence-corrected chi connectivity index (χ0v) is 10.3. The second-order valence-corrected chi connectivity index (χ2v) is 2.19. The monoisotopic (exact) mass is 212 g/mol. The number of hydrogen-bond acceptors (Lipinski definition) is 4. The van der Waals surface area contributed by atoms with E-state index in [2.05, 4.69) is 22.0 Å². The highest BCUT2D eigenvalue weighted by Gasteiger charge is 2.25. The first-order chi connectivity index (χ1) is 7.17. The molecule has 0 radical (unpaired) electrons. The lowest BCUT2D eigenvalue weighted by molar-refractivity contribution is 0.0891. The Morgan fingerprint density at radius 2 is 1.87 bits per heavy atom. The standard InChI is InChI=1S/C7H8N2O2.2C2H6/c1-3-4-7(2,10)6-9-8-5-11-6;2*1-2/h5,10H,1-2H3;2*1-2H3. The quantitative estimate of drug-likeness (QED) is 0.726. The van der Waals surface area contributed by atoms with E-state index in [1.807, 2.05) is 27.7 Å². The summed E-state index contributed by atoms with van der Waals surface area (Å²) in [7, 11) is 0. The topological polar surface area (TPSA) is 59.2 Å². The highest BCUT2D eigenvalue weighted by Crippen LogP contribution is 2.15. The van der Waals surface area contributed by atoms with Gasteiger partial charge in [-0.15, -0.1) is 16.1 Å². The lowest BCUT2D eigenvalue weighted by Crippen LogP contribution is -2.18. The van der Waals surface area contributed by atoms with Crippen LogP contribution in [0.2, 0.25) is 0 Å². The van der Waals surface area contributed by atoms with Crippen molar-refractivity contribution in [1.82, 2.24) is 10.2 Å². The van der Waals surface area contributed by atoms with Crippen LogP contribution in [-0.4, -0.2) is 15.3 Å². The summed E-state index contributed by atoms with van der Waals surface area (Å²) in [4.78, 5) is 0. The Balaban J connectivity index is 0. The summed E-state index contributed by atoms with van der Waals surface area (Å²) in [5.41, 5.74) is -1.33. The van der Waals surface area contributed by atoms with Gasteiger partial charge in [0.2, 0.25) is 12.0 Å². The summed E-state index contributed by atoms with van der Waals surface area (Å²) in [5.74, 6) is 5.22. The molecule has 15 heavy (non-hydrogen) atoms. The van der Waals surface area contributed by atoms with Gasteiger partial charge in [0.15, 0.2) is 0 Å². The first-order valence-corrected chi connectivity index (χ1v) is 5.10. The molecule has 0 aromatic carbocycles. The fraction of sp³-hybridized carbons (Fsp3) is 0.636. The molecule has 0 saturated carbocycles. The van der Waals surface area contributed by atoms with Gasteiger partial charge >= 0.3 is 0 Å². The van der Waals surface area contributed by atoms with Crippen LogP contribution in [0.1, 0.15) is 47.4 Å². The van der Waals surface area contributed by atoms with E-state index in [-0.39, 0.29) is 5.89 Å². The Labute approximate surface area is 91.7 Å². The van der Waals surface area contributed by atoms with Gasteiger partial charge in [0, 0.05) is 0 Å². The fourth-order valence-corrected chi connectivity index (χ4v) is 0.682. The molecule has 1 N–H and O–H groups in total. The minimum Gasteiger partial charge on any atom is -0.424 e. The number of nitrogens with zero attached hydrogens (tertiary/aromatic N) is 2. The maximum Gasteiger partial charge on any atom is 0.260 e. The van der Waals surface area contributed by atoms with E-state index >= 15 is 0 Å². The van der Waals surface area contributed by atoms with Crippen molar-refractivity contribution in [2.75, 3.05) is 0 Å². The molecule has 4 nitrogen and oxygen atoms in total. The van der Waals surface area contributed by atoms with Crippen molar-refractivity contribution in [2.24, 2.45) is 0 Å². The van der Waals surface area contributed by atoms with Crippen LogP contribution in [0, 0.1) is 11.8 Å². The van der Waals surface area contributed by atoms with Crippen LogP contribution in [0.4, 0.5) is 0 Å². The average Bonchev–Trinajstić information content (AvgIpc) is 2.77. The average molecular weight is 212 g/mol. The fourth-order valence-electron chi connectivity index (χ4n) is 0.682. The number of rotatable bonds is 1. The molecule has 0 saturated heterocycles. The Morgan fingerprint density at radius 1 is 1.33 bits per heavy atom. The van der Waals surface area contributed by atoms with Crippen LogP contribution in [0.15, 0.2) is 10.8 Å². The lowest BCUT2D eigenvalue weighted by atomic mass is 10.1. The SMILES string of the molecule is CC.CC.CC#CC(C)(O)c1nnco1. The van der Waals surface area contributed by atoms with E-state index < -0.39 is 5.60 Å². The van der Waals surface area contributed by atoms with Crippen LogP contribution in [0.25, 0.3) is 0 Å². The molecule has 1 atom stereocenters. The highest BCUT2D eigenvalue weighted by atomic mass is 16.4. The molecule has 1 unspecified atom stereocenters. The van der Waals surface area contributed by atoms with Crippen molar-refractivity contribution in [3.05, 3.63) is 12.3 Å². The molecule has 1 aromatic heterocycles. The van der Waals surface area contributed by atoms with Crippen molar-refractivity contribution in [1.29, 1.82) is 0 Å². The predicted molar refractivity (Wildman–Crippen MR) is 60.0 cm³/mol. The molecule has 0 bridgehead atoms. The van der Waals surface area contributed by atoms with E-state index in [0.717, 1.165) is 6.39 Å². The summed E-state index contributed by atoms with van der Waals surface area (Å²) in [6, 6.07) is 0. The van der Waals surface area contributed by atoms with E-state index in [4.69, 9.17) is 4.42 Å². The third kappa shape index (κ3) is 5.87. The van der Waals surface area contributed by atoms with Gasteiger partial charge in [0.05, 0.1) is 0 Å². The molecule has 0 aliphatic heterocycles. The van der Waals surface area contributed by atoms with Crippen molar-refractivity contribution in [3.63, 3.8) is 0 Å². The Morgan fingerprint density at radius 3 is 2.20 bits per heavy atom. The normalized spacial score (nSPS) is 11.7. The zero-order chi connectivity index (χ0) is 12.3. The molecule has 86 valence electrons. The van der Waals surface area contributed by atoms with Gasteiger partial charge in [-0.1, -0.05) is 33.6 Å². The van der Waals surface area contributed by atoms with Crippen LogP contribution in [0.5, 0.6) is 0 Å². The van der Waals surface area contributed by atoms with Crippen LogP contribution in [-0.2, 0) is 5.60 Å². The summed E-state index contributed by atoms with van der Waals surface area (Å²) in [6.07, 6.45) is 1.15. The maximum atomic E-state index is 9.50. The predicted octanol–water partition coefficient (Wildman–Crippen LogP) is 2.35. The summed E-state index contributed by atoms with van der Waals surface area (Å²) >= 11 is 0. The van der Waals surface area contributed by atoms with Crippen molar-refractivity contribution in [2.45, 2.75) is 47.1 Å². The number of hydrogen-bond donors (Lipinski definition) is 1. The minimum absolute atomic E-state index is 0.117. The summed E-state index contributed by atoms with van der Waals surface area (Å²) < 4.78 is 4.78. The molecule has 4 heteroatoms. The van der Waals surface area contributed by atoms with Crippen molar-refractivity contribution < 1.29 is 9.52 Å². The molecule has 1 heterocycles. The van der Waals surface area contributed by atoms with E-state index in [0.29, 0.717) is 0 Å². The molecule has 1 rings (SSSR count). The second-order valence-electron chi connectivity index (χ2n) is 2.19. The lowest BCUT2D eigenvalue weighted by Gasteiger charge is -2.08. The van der Waals surface area contributed by atoms with Gasteiger partial charge in [-0.2, -0.15) is 0 Å². The first kappa shape index (κ1) is 16.1. The minimum atomic E-state index is -1.33. The highest BCUT2D eigenvalue weighted by molar-refractivity contribution is 5.15. The van der Waals surface area contributed by atoms with Crippen molar-refractivity contribution in [3.8, 4) is 11.8 Å². The number of aromatic nitrogens is 2. The van der Waals surface area contributed by atoms with Gasteiger partial charge in [0.25, 0.3) is 5.89 Å². The van der Waals surface area contributed by atoms with Gasteiger partial charge in [-0.25, -0.2) is 0 Å². The van der Waals surface area contributed by atoms with Crippen LogP contribution >= 0.6 is 0 Å².